The number of carbonyl (C=O) groups is 1. The highest BCUT2D eigenvalue weighted by molar-refractivity contribution is 5.99. The maximum absolute atomic E-state index is 12.3. The van der Waals surface area contributed by atoms with Crippen LogP contribution in [0, 0.1) is 6.92 Å². The van der Waals surface area contributed by atoms with Crippen molar-refractivity contribution in [2.75, 3.05) is 18.8 Å². The fourth-order valence-corrected chi connectivity index (χ4v) is 1.90. The molecule has 1 aromatic rings. The predicted molar refractivity (Wildman–Crippen MR) is 72.1 cm³/mol. The van der Waals surface area contributed by atoms with Gasteiger partial charge in [-0.3, -0.25) is 4.79 Å². The first-order valence-corrected chi connectivity index (χ1v) is 6.25. The number of hydrogen-bond donors (Lipinski definition) is 1. The van der Waals surface area contributed by atoms with E-state index in [9.17, 15) is 4.79 Å². The molecule has 0 saturated heterocycles. The van der Waals surface area contributed by atoms with Gasteiger partial charge in [0.15, 0.2) is 0 Å². The SMILES string of the molecule is CCCN(CCC)C(=O)c1ccc(C)cc1N. The molecular formula is C14H22N2O. The van der Waals surface area contributed by atoms with Gasteiger partial charge in [-0.1, -0.05) is 19.9 Å². The van der Waals surface area contributed by atoms with E-state index in [1.54, 1.807) is 0 Å². The van der Waals surface area contributed by atoms with E-state index in [4.69, 9.17) is 5.73 Å². The third-order valence-electron chi connectivity index (χ3n) is 2.71. The van der Waals surface area contributed by atoms with E-state index in [0.717, 1.165) is 31.5 Å². The summed E-state index contributed by atoms with van der Waals surface area (Å²) in [4.78, 5) is 14.2. The molecule has 0 aromatic heterocycles. The molecule has 0 heterocycles. The van der Waals surface area contributed by atoms with E-state index in [1.807, 2.05) is 30.0 Å². The summed E-state index contributed by atoms with van der Waals surface area (Å²) in [5.74, 6) is 0.0474. The summed E-state index contributed by atoms with van der Waals surface area (Å²) in [6.45, 7) is 7.71. The van der Waals surface area contributed by atoms with Crippen molar-refractivity contribution in [2.45, 2.75) is 33.6 Å². The third-order valence-corrected chi connectivity index (χ3v) is 2.71. The highest BCUT2D eigenvalue weighted by Gasteiger charge is 2.16. The van der Waals surface area contributed by atoms with Gasteiger partial charge >= 0.3 is 0 Å². The van der Waals surface area contributed by atoms with Crippen molar-refractivity contribution >= 4 is 11.6 Å². The molecule has 0 spiro atoms. The standard InChI is InChI=1S/C14H22N2O/c1-4-8-16(9-5-2)14(17)12-7-6-11(3)10-13(12)15/h6-7,10H,4-5,8-9,15H2,1-3H3. The molecule has 0 aliphatic carbocycles. The highest BCUT2D eigenvalue weighted by atomic mass is 16.2. The second kappa shape index (κ2) is 6.28. The van der Waals surface area contributed by atoms with E-state index in [0.29, 0.717) is 11.3 Å². The average Bonchev–Trinajstić information content (AvgIpc) is 2.28. The fraction of sp³-hybridized carbons (Fsp3) is 0.500. The second-order valence-corrected chi connectivity index (χ2v) is 4.38. The topological polar surface area (TPSA) is 46.3 Å². The first kappa shape index (κ1) is 13.6. The van der Waals surface area contributed by atoms with Gasteiger partial charge in [-0.2, -0.15) is 0 Å². The summed E-state index contributed by atoms with van der Waals surface area (Å²) in [7, 11) is 0. The molecule has 2 N–H and O–H groups in total. The maximum atomic E-state index is 12.3. The molecule has 0 fully saturated rings. The Morgan fingerprint density at radius 1 is 1.24 bits per heavy atom. The lowest BCUT2D eigenvalue weighted by molar-refractivity contribution is 0.0756. The number of aryl methyl sites for hydroxylation is 1. The van der Waals surface area contributed by atoms with Gasteiger partial charge in [-0.25, -0.2) is 0 Å². The quantitative estimate of drug-likeness (QED) is 0.796. The number of carbonyl (C=O) groups excluding carboxylic acids is 1. The van der Waals surface area contributed by atoms with Gasteiger partial charge in [0.2, 0.25) is 0 Å². The summed E-state index contributed by atoms with van der Waals surface area (Å²) in [5.41, 5.74) is 8.18. The molecule has 0 bridgehead atoms. The van der Waals surface area contributed by atoms with E-state index in [1.165, 1.54) is 0 Å². The van der Waals surface area contributed by atoms with Crippen LogP contribution in [-0.4, -0.2) is 23.9 Å². The monoisotopic (exact) mass is 234 g/mol. The minimum absolute atomic E-state index is 0.0474. The number of amides is 1. The number of hydrogen-bond acceptors (Lipinski definition) is 2. The van der Waals surface area contributed by atoms with Gasteiger partial charge in [0.1, 0.15) is 0 Å². The van der Waals surface area contributed by atoms with Crippen LogP contribution in [0.1, 0.15) is 42.6 Å². The molecule has 0 aliphatic heterocycles. The van der Waals surface area contributed by atoms with Crippen molar-refractivity contribution in [3.63, 3.8) is 0 Å². The Kier molecular flexibility index (Phi) is 5.01. The Hall–Kier alpha value is -1.51. The molecule has 0 unspecified atom stereocenters. The molecule has 1 aromatic carbocycles. The smallest absolute Gasteiger partial charge is 0.255 e. The molecule has 0 aliphatic rings. The Balaban J connectivity index is 2.92. The van der Waals surface area contributed by atoms with Crippen LogP contribution in [0.15, 0.2) is 18.2 Å². The Morgan fingerprint density at radius 2 is 1.82 bits per heavy atom. The van der Waals surface area contributed by atoms with Gasteiger partial charge in [-0.05, 0) is 37.5 Å². The summed E-state index contributed by atoms with van der Waals surface area (Å²) < 4.78 is 0. The number of anilines is 1. The summed E-state index contributed by atoms with van der Waals surface area (Å²) in [6.07, 6.45) is 1.94. The molecule has 3 heteroatoms. The molecule has 1 rings (SSSR count). The van der Waals surface area contributed by atoms with Crippen molar-refractivity contribution in [1.29, 1.82) is 0 Å². The predicted octanol–water partition coefficient (Wildman–Crippen LogP) is 2.84. The lowest BCUT2D eigenvalue weighted by Crippen LogP contribution is -2.33. The molecule has 1 amide bonds. The number of rotatable bonds is 5. The van der Waals surface area contributed by atoms with Gasteiger partial charge in [0.25, 0.3) is 5.91 Å². The van der Waals surface area contributed by atoms with Gasteiger partial charge in [0.05, 0.1) is 5.56 Å². The largest absolute Gasteiger partial charge is 0.398 e. The van der Waals surface area contributed by atoms with Crippen molar-refractivity contribution in [1.82, 2.24) is 4.90 Å². The average molecular weight is 234 g/mol. The van der Waals surface area contributed by atoms with Crippen LogP contribution in [0.2, 0.25) is 0 Å². The maximum Gasteiger partial charge on any atom is 0.255 e. The van der Waals surface area contributed by atoms with Gasteiger partial charge < -0.3 is 10.6 Å². The zero-order chi connectivity index (χ0) is 12.8. The summed E-state index contributed by atoms with van der Waals surface area (Å²) in [5, 5.41) is 0. The van der Waals surface area contributed by atoms with Crippen LogP contribution >= 0.6 is 0 Å². The lowest BCUT2D eigenvalue weighted by atomic mass is 10.1. The van der Waals surface area contributed by atoms with Crippen molar-refractivity contribution in [3.8, 4) is 0 Å². The second-order valence-electron chi connectivity index (χ2n) is 4.38. The van der Waals surface area contributed by atoms with E-state index >= 15 is 0 Å². The number of nitrogens with two attached hydrogens (primary N) is 1. The lowest BCUT2D eigenvalue weighted by Gasteiger charge is -2.22. The Labute approximate surface area is 104 Å². The van der Waals surface area contributed by atoms with Gasteiger partial charge in [-0.15, -0.1) is 0 Å². The van der Waals surface area contributed by atoms with Crippen LogP contribution in [0.5, 0.6) is 0 Å². The van der Waals surface area contributed by atoms with Crippen LogP contribution < -0.4 is 5.73 Å². The summed E-state index contributed by atoms with van der Waals surface area (Å²) >= 11 is 0. The normalized spacial score (nSPS) is 10.3. The van der Waals surface area contributed by atoms with E-state index in [2.05, 4.69) is 13.8 Å². The molecule has 0 radical (unpaired) electrons. The highest BCUT2D eigenvalue weighted by Crippen LogP contribution is 2.16. The molecular weight excluding hydrogens is 212 g/mol. The molecule has 17 heavy (non-hydrogen) atoms. The Bertz CT molecular complexity index is 382. The van der Waals surface area contributed by atoms with Gasteiger partial charge in [0, 0.05) is 18.8 Å². The van der Waals surface area contributed by atoms with E-state index < -0.39 is 0 Å². The van der Waals surface area contributed by atoms with Crippen molar-refractivity contribution in [3.05, 3.63) is 29.3 Å². The minimum Gasteiger partial charge on any atom is -0.398 e. The van der Waals surface area contributed by atoms with Crippen LogP contribution in [-0.2, 0) is 0 Å². The first-order valence-electron chi connectivity index (χ1n) is 6.25. The molecule has 0 saturated carbocycles. The fourth-order valence-electron chi connectivity index (χ4n) is 1.90. The summed E-state index contributed by atoms with van der Waals surface area (Å²) in [6, 6.07) is 5.61. The number of benzene rings is 1. The number of nitrogens with zero attached hydrogens (tertiary/aromatic N) is 1. The molecule has 0 atom stereocenters. The minimum atomic E-state index is 0.0474. The Morgan fingerprint density at radius 3 is 2.29 bits per heavy atom. The van der Waals surface area contributed by atoms with Crippen molar-refractivity contribution < 1.29 is 4.79 Å². The van der Waals surface area contributed by atoms with Crippen LogP contribution in [0.3, 0.4) is 0 Å². The number of nitrogen functional groups attached to an aromatic ring is 1. The van der Waals surface area contributed by atoms with Crippen LogP contribution in [0.4, 0.5) is 5.69 Å². The molecule has 3 nitrogen and oxygen atoms in total. The third kappa shape index (κ3) is 3.48. The van der Waals surface area contributed by atoms with Crippen LogP contribution in [0.25, 0.3) is 0 Å². The van der Waals surface area contributed by atoms with Crippen molar-refractivity contribution in [2.24, 2.45) is 0 Å². The van der Waals surface area contributed by atoms with E-state index in [-0.39, 0.29) is 5.91 Å². The zero-order valence-corrected chi connectivity index (χ0v) is 11.0. The zero-order valence-electron chi connectivity index (χ0n) is 11.0. The first-order chi connectivity index (χ1) is 8.10. The molecule has 94 valence electrons.